The van der Waals surface area contributed by atoms with Crippen molar-refractivity contribution in [2.45, 2.75) is 106 Å². The van der Waals surface area contributed by atoms with Crippen LogP contribution in [0.1, 0.15) is 95.2 Å². The van der Waals surface area contributed by atoms with Gasteiger partial charge in [0.05, 0.1) is 0 Å². The molecule has 8 rings (SSSR count). The molecule has 0 aromatic heterocycles. The van der Waals surface area contributed by atoms with E-state index in [0.717, 1.165) is 143 Å². The first-order valence-electron chi connectivity index (χ1n) is 21.6. The first-order valence-corrected chi connectivity index (χ1v) is 23.8. The van der Waals surface area contributed by atoms with Crippen LogP contribution in [0.4, 0.5) is 0 Å². The Labute approximate surface area is 359 Å². The number of rotatable bonds is 15. The highest BCUT2D eigenvalue weighted by molar-refractivity contribution is 7.43. The summed E-state index contributed by atoms with van der Waals surface area (Å²) in [5, 5.41) is 0. The minimum absolute atomic E-state index is 0.733. The topological polar surface area (TPSA) is 55.4 Å². The molecule has 0 N–H and O–H groups in total. The first-order chi connectivity index (χ1) is 29.3. The molecule has 0 fully saturated rings. The van der Waals surface area contributed by atoms with Gasteiger partial charge in [-0.3, -0.25) is 0 Å². The number of para-hydroxylation sites is 4. The molecule has 0 atom stereocenters. The van der Waals surface area contributed by atoms with Gasteiger partial charge in [-0.25, -0.2) is 0 Å². The van der Waals surface area contributed by atoms with Gasteiger partial charge < -0.3 is 27.1 Å². The van der Waals surface area contributed by atoms with Gasteiger partial charge in [-0.05, 0) is 172 Å². The molecule has 6 aromatic carbocycles. The van der Waals surface area contributed by atoms with Crippen molar-refractivity contribution in [2.24, 2.45) is 0 Å². The predicted octanol–water partition coefficient (Wildman–Crippen LogP) is 15.0. The summed E-state index contributed by atoms with van der Waals surface area (Å²) in [6, 6.07) is 37.0. The summed E-state index contributed by atoms with van der Waals surface area (Å²) < 4.78 is 41.9. The highest BCUT2D eigenvalue weighted by Crippen LogP contribution is 2.56. The van der Waals surface area contributed by atoms with Crippen LogP contribution in [0.2, 0.25) is 0 Å². The van der Waals surface area contributed by atoms with Crippen molar-refractivity contribution in [3.8, 4) is 45.6 Å². The molecular formula is C52H56O6P2. The third-order valence-electron chi connectivity index (χ3n) is 11.8. The Hall–Kier alpha value is -5.02. The van der Waals surface area contributed by atoms with Crippen LogP contribution in [0.25, 0.3) is 11.1 Å². The van der Waals surface area contributed by atoms with E-state index in [1.807, 2.05) is 72.8 Å². The lowest BCUT2D eigenvalue weighted by atomic mass is 9.78. The van der Waals surface area contributed by atoms with Gasteiger partial charge in [0.1, 0.15) is 34.5 Å². The molecule has 2 aliphatic carbocycles. The van der Waals surface area contributed by atoms with Crippen LogP contribution in [0.15, 0.2) is 109 Å². The maximum Gasteiger partial charge on any atom is 0.530 e. The van der Waals surface area contributed by atoms with Crippen molar-refractivity contribution in [2.75, 3.05) is 0 Å². The Morgan fingerprint density at radius 1 is 0.400 bits per heavy atom. The van der Waals surface area contributed by atoms with Crippen LogP contribution in [0.3, 0.4) is 0 Å². The molecule has 310 valence electrons. The molecule has 0 saturated carbocycles. The maximum absolute atomic E-state index is 7.36. The van der Waals surface area contributed by atoms with E-state index in [0.29, 0.717) is 0 Å². The van der Waals surface area contributed by atoms with E-state index >= 15 is 0 Å². The smallest absolute Gasteiger partial charge is 0.408 e. The largest absolute Gasteiger partial charge is 0.530 e. The zero-order chi connectivity index (χ0) is 41.6. The SMILES string of the molecule is CCc1cc2c(c(-c3c4c(cc(CC)c3OP(Oc3ccccc3C)Oc3ccccc3C)CCCC4)c1OP(Oc1ccccc1C)Oc1ccccc1C)CCCC2. The average molecular weight is 839 g/mol. The van der Waals surface area contributed by atoms with E-state index in [4.69, 9.17) is 27.1 Å². The standard InChI is InChI=1S/C52H56O6P2/c1-7-39-33-41-25-13-15-27-43(41)49(51(39)57-59(53-45-29-17-9-21-35(45)3)54-46-30-18-10-22-36(46)4)50-44-28-16-14-26-42(44)34-40(8-2)52(50)58-60(55-47-31-19-11-23-37(47)5)56-48-32-20-12-24-38(48)6/h9-12,17-24,29-34H,7-8,13-16,25-28H2,1-6H3. The fourth-order valence-electron chi connectivity index (χ4n) is 8.37. The van der Waals surface area contributed by atoms with Crippen molar-refractivity contribution in [1.82, 2.24) is 0 Å². The second-order valence-corrected chi connectivity index (χ2v) is 17.9. The quantitative estimate of drug-likeness (QED) is 0.0960. The zero-order valence-corrected chi connectivity index (χ0v) is 37.6. The number of aryl methyl sites for hydroxylation is 8. The minimum atomic E-state index is -1.97. The summed E-state index contributed by atoms with van der Waals surface area (Å²) in [7, 11) is -3.95. The summed E-state index contributed by atoms with van der Waals surface area (Å²) in [6.45, 7) is 12.7. The maximum atomic E-state index is 7.36. The Morgan fingerprint density at radius 2 is 0.700 bits per heavy atom. The molecule has 6 nitrogen and oxygen atoms in total. The van der Waals surface area contributed by atoms with Crippen LogP contribution in [-0.2, 0) is 38.5 Å². The Bertz CT molecular complexity index is 2200. The first kappa shape index (κ1) is 41.7. The second-order valence-electron chi connectivity index (χ2n) is 15.9. The van der Waals surface area contributed by atoms with E-state index in [9.17, 15) is 0 Å². The molecule has 8 heteroatoms. The molecule has 0 amide bonds. The molecule has 0 bridgehead atoms. The van der Waals surface area contributed by atoms with Crippen LogP contribution >= 0.6 is 17.2 Å². The molecule has 60 heavy (non-hydrogen) atoms. The molecule has 6 aromatic rings. The van der Waals surface area contributed by atoms with Gasteiger partial charge in [0, 0.05) is 11.1 Å². The Kier molecular flexibility index (Phi) is 13.3. The van der Waals surface area contributed by atoms with Crippen LogP contribution in [0.5, 0.6) is 34.5 Å². The van der Waals surface area contributed by atoms with Crippen molar-refractivity contribution in [1.29, 1.82) is 0 Å². The molecule has 0 saturated heterocycles. The van der Waals surface area contributed by atoms with Crippen LogP contribution in [0, 0.1) is 27.7 Å². The van der Waals surface area contributed by atoms with E-state index in [1.54, 1.807) is 0 Å². The number of fused-ring (bicyclic) bond motifs is 2. The van der Waals surface area contributed by atoms with E-state index in [1.165, 1.54) is 22.3 Å². The van der Waals surface area contributed by atoms with Crippen molar-refractivity contribution >= 4 is 17.2 Å². The van der Waals surface area contributed by atoms with Gasteiger partial charge in [0.25, 0.3) is 0 Å². The van der Waals surface area contributed by atoms with Gasteiger partial charge in [-0.1, -0.05) is 98.8 Å². The van der Waals surface area contributed by atoms with Gasteiger partial charge in [0.15, 0.2) is 0 Å². The predicted molar refractivity (Wildman–Crippen MR) is 246 cm³/mol. The fourth-order valence-corrected chi connectivity index (χ4v) is 10.8. The highest BCUT2D eigenvalue weighted by Gasteiger charge is 2.35. The van der Waals surface area contributed by atoms with E-state index in [2.05, 4.69) is 77.9 Å². The molecule has 0 spiro atoms. The van der Waals surface area contributed by atoms with Gasteiger partial charge in [-0.15, -0.1) is 0 Å². The summed E-state index contributed by atoms with van der Waals surface area (Å²) in [5.41, 5.74) is 13.9. The number of hydrogen-bond acceptors (Lipinski definition) is 6. The Morgan fingerprint density at radius 3 is 1.00 bits per heavy atom. The normalized spacial score (nSPS) is 13.4. The molecule has 0 radical (unpaired) electrons. The summed E-state index contributed by atoms with van der Waals surface area (Å²) in [5.74, 6) is 4.54. The van der Waals surface area contributed by atoms with Gasteiger partial charge >= 0.3 is 17.2 Å². The third kappa shape index (κ3) is 9.16. The number of hydrogen-bond donors (Lipinski definition) is 0. The average Bonchev–Trinajstić information content (AvgIpc) is 3.26. The van der Waals surface area contributed by atoms with Crippen molar-refractivity contribution in [3.63, 3.8) is 0 Å². The zero-order valence-electron chi connectivity index (χ0n) is 35.8. The minimum Gasteiger partial charge on any atom is -0.408 e. The lowest BCUT2D eigenvalue weighted by Gasteiger charge is -2.31. The summed E-state index contributed by atoms with van der Waals surface area (Å²) in [4.78, 5) is 0. The van der Waals surface area contributed by atoms with E-state index in [-0.39, 0.29) is 0 Å². The number of benzene rings is 6. The van der Waals surface area contributed by atoms with Crippen LogP contribution < -0.4 is 27.1 Å². The second kappa shape index (κ2) is 19.1. The Balaban J connectivity index is 1.35. The van der Waals surface area contributed by atoms with Gasteiger partial charge in [0.2, 0.25) is 0 Å². The monoisotopic (exact) mass is 838 g/mol. The molecule has 2 aliphatic rings. The van der Waals surface area contributed by atoms with Crippen molar-refractivity contribution in [3.05, 3.63) is 165 Å². The van der Waals surface area contributed by atoms with E-state index < -0.39 is 17.2 Å². The molecule has 0 heterocycles. The third-order valence-corrected chi connectivity index (χ3v) is 13.8. The van der Waals surface area contributed by atoms with Gasteiger partial charge in [-0.2, -0.15) is 0 Å². The molecule has 0 aliphatic heterocycles. The fraction of sp³-hybridized carbons (Fsp3) is 0.308. The highest BCUT2D eigenvalue weighted by atomic mass is 31.2. The molecule has 0 unspecified atom stereocenters. The summed E-state index contributed by atoms with van der Waals surface area (Å²) in [6.07, 6.45) is 10.0. The lowest BCUT2D eigenvalue weighted by molar-refractivity contribution is 0.381. The van der Waals surface area contributed by atoms with Crippen molar-refractivity contribution < 1.29 is 27.1 Å². The molecular weight excluding hydrogens is 783 g/mol. The lowest BCUT2D eigenvalue weighted by Crippen LogP contribution is -2.15. The summed E-state index contributed by atoms with van der Waals surface area (Å²) >= 11 is 0. The van der Waals surface area contributed by atoms with Crippen LogP contribution in [-0.4, -0.2) is 0 Å².